The molecule has 0 fully saturated rings. The van der Waals surface area contributed by atoms with Gasteiger partial charge >= 0.3 is 5.97 Å². The zero-order valence-corrected chi connectivity index (χ0v) is 19.1. The SMILES string of the molecule is COc1ccc([C@@H]2CC(c3ccccc3)=NN2C(=O)COC(=O)[C@@H]2COc3ccccc3O2)cc1. The number of hydrogen-bond donors (Lipinski definition) is 0. The quantitative estimate of drug-likeness (QED) is 0.508. The molecule has 3 aromatic carbocycles. The highest BCUT2D eigenvalue weighted by molar-refractivity contribution is 6.03. The van der Waals surface area contributed by atoms with Gasteiger partial charge < -0.3 is 18.9 Å². The minimum absolute atomic E-state index is 0.0124. The molecule has 2 atom stereocenters. The van der Waals surface area contributed by atoms with Crippen LogP contribution in [0, 0.1) is 0 Å². The normalized spacial score (nSPS) is 18.5. The molecule has 2 heterocycles. The number of nitrogens with zero attached hydrogens (tertiary/aromatic N) is 2. The molecule has 0 bridgehead atoms. The number of hydrazone groups is 1. The van der Waals surface area contributed by atoms with Crippen LogP contribution in [-0.4, -0.2) is 49.0 Å². The van der Waals surface area contributed by atoms with Crippen LogP contribution in [0.25, 0.3) is 0 Å². The summed E-state index contributed by atoms with van der Waals surface area (Å²) in [5.74, 6) is 0.652. The van der Waals surface area contributed by atoms with Crippen molar-refractivity contribution in [3.8, 4) is 17.2 Å². The van der Waals surface area contributed by atoms with Gasteiger partial charge in [-0.2, -0.15) is 5.10 Å². The Morgan fingerprint density at radius 1 is 0.971 bits per heavy atom. The molecule has 35 heavy (non-hydrogen) atoms. The number of ether oxygens (including phenoxy) is 4. The van der Waals surface area contributed by atoms with E-state index in [1.54, 1.807) is 25.3 Å². The standard InChI is InChI=1S/C27H24N2O6/c1-32-20-13-11-19(12-14-20)22-15-21(18-7-3-2-4-8-18)28-29(22)26(30)17-34-27(31)25-16-33-23-9-5-6-10-24(23)35-25/h2-14,22,25H,15-17H2,1H3/t22-,25-/m0/s1. The van der Waals surface area contributed by atoms with Crippen LogP contribution >= 0.6 is 0 Å². The molecule has 0 spiro atoms. The first-order chi connectivity index (χ1) is 17.1. The molecule has 0 aromatic heterocycles. The highest BCUT2D eigenvalue weighted by Gasteiger charge is 2.35. The Morgan fingerprint density at radius 2 is 1.69 bits per heavy atom. The van der Waals surface area contributed by atoms with E-state index in [1.165, 1.54) is 5.01 Å². The molecule has 178 valence electrons. The van der Waals surface area contributed by atoms with Crippen molar-refractivity contribution in [2.75, 3.05) is 20.3 Å². The fourth-order valence-corrected chi connectivity index (χ4v) is 4.06. The second kappa shape index (κ2) is 9.89. The number of carbonyl (C=O) groups is 2. The number of amides is 1. The zero-order valence-electron chi connectivity index (χ0n) is 19.1. The number of methoxy groups -OCH3 is 1. The molecule has 2 aliphatic heterocycles. The van der Waals surface area contributed by atoms with E-state index in [2.05, 4.69) is 5.10 Å². The van der Waals surface area contributed by atoms with Gasteiger partial charge in [0.2, 0.25) is 6.10 Å². The first-order valence-electron chi connectivity index (χ1n) is 11.3. The Labute approximate surface area is 202 Å². The molecule has 5 rings (SSSR count). The number of esters is 1. The average Bonchev–Trinajstić information content (AvgIpc) is 3.37. The second-order valence-electron chi connectivity index (χ2n) is 8.12. The van der Waals surface area contributed by atoms with Gasteiger partial charge in [-0.3, -0.25) is 4.79 Å². The lowest BCUT2D eigenvalue weighted by molar-refractivity contribution is -0.160. The topological polar surface area (TPSA) is 86.7 Å². The van der Waals surface area contributed by atoms with Crippen molar-refractivity contribution in [1.29, 1.82) is 0 Å². The highest BCUT2D eigenvalue weighted by atomic mass is 16.6. The number of benzene rings is 3. The Kier molecular flexibility index (Phi) is 6.34. The summed E-state index contributed by atoms with van der Waals surface area (Å²) in [7, 11) is 1.60. The number of fused-ring (bicyclic) bond motifs is 1. The second-order valence-corrected chi connectivity index (χ2v) is 8.12. The van der Waals surface area contributed by atoms with Crippen LogP contribution in [0.2, 0.25) is 0 Å². The van der Waals surface area contributed by atoms with Crippen LogP contribution in [0.3, 0.4) is 0 Å². The summed E-state index contributed by atoms with van der Waals surface area (Å²) < 4.78 is 21.8. The fourth-order valence-electron chi connectivity index (χ4n) is 4.06. The third kappa shape index (κ3) is 4.82. The summed E-state index contributed by atoms with van der Waals surface area (Å²) in [4.78, 5) is 25.7. The van der Waals surface area contributed by atoms with E-state index in [1.807, 2.05) is 60.7 Å². The van der Waals surface area contributed by atoms with Crippen molar-refractivity contribution in [2.24, 2.45) is 5.10 Å². The van der Waals surface area contributed by atoms with E-state index in [4.69, 9.17) is 18.9 Å². The van der Waals surface area contributed by atoms with E-state index in [-0.39, 0.29) is 12.6 Å². The summed E-state index contributed by atoms with van der Waals surface area (Å²) in [5.41, 5.74) is 2.62. The predicted molar refractivity (Wildman–Crippen MR) is 127 cm³/mol. The van der Waals surface area contributed by atoms with E-state index in [0.717, 1.165) is 22.6 Å². The van der Waals surface area contributed by atoms with Gasteiger partial charge in [0, 0.05) is 6.42 Å². The van der Waals surface area contributed by atoms with Crippen LogP contribution in [0.4, 0.5) is 0 Å². The third-order valence-electron chi connectivity index (χ3n) is 5.88. The summed E-state index contributed by atoms with van der Waals surface area (Å²) in [5, 5.41) is 5.99. The minimum Gasteiger partial charge on any atom is -0.497 e. The van der Waals surface area contributed by atoms with Gasteiger partial charge in [0.05, 0.1) is 18.9 Å². The van der Waals surface area contributed by atoms with Crippen LogP contribution in [0.1, 0.15) is 23.6 Å². The van der Waals surface area contributed by atoms with Gasteiger partial charge in [0.25, 0.3) is 5.91 Å². The van der Waals surface area contributed by atoms with Gasteiger partial charge in [0.15, 0.2) is 18.1 Å². The van der Waals surface area contributed by atoms with Gasteiger partial charge in [-0.05, 0) is 35.4 Å². The Morgan fingerprint density at radius 3 is 2.43 bits per heavy atom. The molecule has 0 saturated carbocycles. The maximum atomic E-state index is 13.2. The molecular formula is C27H24N2O6. The van der Waals surface area contributed by atoms with Crippen molar-refractivity contribution < 1.29 is 28.5 Å². The number of carbonyl (C=O) groups excluding carboxylic acids is 2. The number of rotatable bonds is 6. The summed E-state index contributed by atoms with van der Waals surface area (Å²) in [6, 6.07) is 23.9. The van der Waals surface area contributed by atoms with Crippen molar-refractivity contribution in [2.45, 2.75) is 18.6 Å². The zero-order chi connectivity index (χ0) is 24.2. The molecule has 8 nitrogen and oxygen atoms in total. The first kappa shape index (κ1) is 22.5. The Balaban J connectivity index is 1.29. The van der Waals surface area contributed by atoms with Crippen molar-refractivity contribution in [3.63, 3.8) is 0 Å². The highest BCUT2D eigenvalue weighted by Crippen LogP contribution is 2.34. The minimum atomic E-state index is -0.947. The van der Waals surface area contributed by atoms with Gasteiger partial charge in [-0.1, -0.05) is 54.6 Å². The van der Waals surface area contributed by atoms with E-state index in [9.17, 15) is 9.59 Å². The fraction of sp³-hybridized carbons (Fsp3) is 0.222. The molecule has 0 aliphatic carbocycles. The molecule has 3 aromatic rings. The van der Waals surface area contributed by atoms with Gasteiger partial charge in [-0.25, -0.2) is 9.80 Å². The van der Waals surface area contributed by atoms with E-state index < -0.39 is 24.6 Å². The molecule has 0 saturated heterocycles. The van der Waals surface area contributed by atoms with Gasteiger partial charge in [-0.15, -0.1) is 0 Å². The third-order valence-corrected chi connectivity index (χ3v) is 5.88. The molecule has 0 radical (unpaired) electrons. The largest absolute Gasteiger partial charge is 0.497 e. The summed E-state index contributed by atoms with van der Waals surface area (Å²) in [6.07, 6.45) is -0.413. The smallest absolute Gasteiger partial charge is 0.351 e. The lowest BCUT2D eigenvalue weighted by Crippen LogP contribution is -2.40. The lowest BCUT2D eigenvalue weighted by atomic mass is 9.98. The Bertz CT molecular complexity index is 1240. The molecule has 0 N–H and O–H groups in total. The predicted octanol–water partition coefficient (Wildman–Crippen LogP) is 3.76. The summed E-state index contributed by atoms with van der Waals surface area (Å²) in [6.45, 7) is -0.447. The van der Waals surface area contributed by atoms with Crippen LogP contribution < -0.4 is 14.2 Å². The molecule has 0 unspecified atom stereocenters. The first-order valence-corrected chi connectivity index (χ1v) is 11.3. The van der Waals surface area contributed by atoms with Crippen molar-refractivity contribution in [1.82, 2.24) is 5.01 Å². The summed E-state index contributed by atoms with van der Waals surface area (Å²) >= 11 is 0. The van der Waals surface area contributed by atoms with Crippen LogP contribution in [-0.2, 0) is 14.3 Å². The molecule has 8 heteroatoms. The van der Waals surface area contributed by atoms with Crippen LogP contribution in [0.5, 0.6) is 17.2 Å². The molecular weight excluding hydrogens is 448 g/mol. The Hall–Kier alpha value is -4.33. The maximum absolute atomic E-state index is 13.2. The van der Waals surface area contributed by atoms with Crippen molar-refractivity contribution in [3.05, 3.63) is 90.0 Å². The van der Waals surface area contributed by atoms with Crippen molar-refractivity contribution >= 4 is 17.6 Å². The maximum Gasteiger partial charge on any atom is 0.351 e. The van der Waals surface area contributed by atoms with E-state index in [0.29, 0.717) is 17.9 Å². The number of para-hydroxylation sites is 2. The molecule has 1 amide bonds. The molecule has 2 aliphatic rings. The number of hydrogen-bond acceptors (Lipinski definition) is 7. The monoisotopic (exact) mass is 472 g/mol. The average molecular weight is 472 g/mol. The lowest BCUT2D eigenvalue weighted by Gasteiger charge is -2.25. The van der Waals surface area contributed by atoms with Crippen LogP contribution in [0.15, 0.2) is 84.0 Å². The van der Waals surface area contributed by atoms with E-state index >= 15 is 0 Å². The van der Waals surface area contributed by atoms with Gasteiger partial charge in [0.1, 0.15) is 12.4 Å².